The van der Waals surface area contributed by atoms with Gasteiger partial charge in [-0.15, -0.1) is 23.2 Å². The van der Waals surface area contributed by atoms with Gasteiger partial charge in [0.2, 0.25) is 0 Å². The number of fused-ring (bicyclic) bond motifs is 3. The van der Waals surface area contributed by atoms with Gasteiger partial charge < -0.3 is 18.9 Å². The molecular formula is C16H20Cl2O8. The van der Waals surface area contributed by atoms with Crippen molar-refractivity contribution in [1.82, 2.24) is 0 Å². The first-order chi connectivity index (χ1) is 12.0. The van der Waals surface area contributed by atoms with Crippen LogP contribution in [0.5, 0.6) is 0 Å². The summed E-state index contributed by atoms with van der Waals surface area (Å²) in [6.07, 6.45) is -3.96. The lowest BCUT2D eigenvalue weighted by Gasteiger charge is -2.56. The van der Waals surface area contributed by atoms with Crippen molar-refractivity contribution in [1.29, 1.82) is 0 Å². The van der Waals surface area contributed by atoms with Crippen LogP contribution >= 0.6 is 23.2 Å². The largest absolute Gasteiger partial charge is 0.458 e. The first-order valence-corrected chi connectivity index (χ1v) is 8.89. The summed E-state index contributed by atoms with van der Waals surface area (Å²) in [5.74, 6) is -4.16. The quantitative estimate of drug-likeness (QED) is 0.386. The Hall–Kier alpha value is -1.54. The number of hydrogen-bond donors (Lipinski definition) is 0. The second-order valence-electron chi connectivity index (χ2n) is 6.34. The smallest absolute Gasteiger partial charge is 0.303 e. The molecule has 146 valence electrons. The third-order valence-corrected chi connectivity index (χ3v) is 5.67. The van der Waals surface area contributed by atoms with Crippen molar-refractivity contribution in [3.63, 3.8) is 0 Å². The summed E-state index contributed by atoms with van der Waals surface area (Å²) in [5.41, 5.74) is 0. The SMILES string of the molecule is CC(=O)O[C@@H]1C2[C@@H](OC(C)=O)[C@@H](OC(C)=O)C([C@H](Cl)[C@H]2Cl)[C@@H]1OC(C)=O. The normalized spacial score (nSPS) is 38.2. The Labute approximate surface area is 160 Å². The van der Waals surface area contributed by atoms with Gasteiger partial charge in [0.1, 0.15) is 24.4 Å². The van der Waals surface area contributed by atoms with E-state index >= 15 is 0 Å². The fourth-order valence-electron chi connectivity index (χ4n) is 3.75. The summed E-state index contributed by atoms with van der Waals surface area (Å²) in [5, 5.41) is -1.54. The monoisotopic (exact) mass is 410 g/mol. The van der Waals surface area contributed by atoms with Crippen LogP contribution in [0.1, 0.15) is 27.7 Å². The molecule has 0 aliphatic heterocycles. The lowest BCUT2D eigenvalue weighted by atomic mass is 9.63. The van der Waals surface area contributed by atoms with Crippen LogP contribution < -0.4 is 0 Å². The zero-order valence-electron chi connectivity index (χ0n) is 14.6. The Bertz CT molecular complexity index is 513. The number of alkyl halides is 2. The molecule has 3 saturated carbocycles. The van der Waals surface area contributed by atoms with Gasteiger partial charge in [-0.05, 0) is 0 Å². The molecule has 26 heavy (non-hydrogen) atoms. The Morgan fingerprint density at radius 1 is 0.538 bits per heavy atom. The van der Waals surface area contributed by atoms with Crippen LogP contribution in [-0.2, 0) is 38.1 Å². The third kappa shape index (κ3) is 4.06. The summed E-state index contributed by atoms with van der Waals surface area (Å²) in [7, 11) is 0. The number of hydrogen-bond acceptors (Lipinski definition) is 8. The van der Waals surface area contributed by atoms with E-state index in [1.165, 1.54) is 27.7 Å². The predicted octanol–water partition coefficient (Wildman–Crippen LogP) is 1.19. The average molecular weight is 411 g/mol. The maximum absolute atomic E-state index is 11.6. The molecule has 0 aromatic carbocycles. The highest BCUT2D eigenvalue weighted by Gasteiger charge is 2.67. The number of esters is 4. The molecule has 0 amide bonds. The minimum atomic E-state index is -0.991. The van der Waals surface area contributed by atoms with Gasteiger partial charge in [0, 0.05) is 27.7 Å². The molecule has 0 heterocycles. The second kappa shape index (κ2) is 8.00. The Morgan fingerprint density at radius 2 is 0.731 bits per heavy atom. The van der Waals surface area contributed by atoms with Crippen molar-refractivity contribution in [2.45, 2.75) is 62.9 Å². The molecule has 10 heteroatoms. The minimum Gasteiger partial charge on any atom is -0.458 e. The van der Waals surface area contributed by atoms with Crippen LogP contribution in [0.2, 0.25) is 0 Å². The molecule has 0 aromatic rings. The summed E-state index contributed by atoms with van der Waals surface area (Å²) in [6, 6.07) is 0. The van der Waals surface area contributed by atoms with Gasteiger partial charge >= 0.3 is 23.9 Å². The zero-order chi connectivity index (χ0) is 19.8. The molecule has 3 aliphatic rings. The maximum Gasteiger partial charge on any atom is 0.303 e. The van der Waals surface area contributed by atoms with Crippen molar-refractivity contribution in [2.75, 3.05) is 0 Å². The number of halogens is 2. The van der Waals surface area contributed by atoms with E-state index in [0.717, 1.165) is 0 Å². The van der Waals surface area contributed by atoms with E-state index in [9.17, 15) is 19.2 Å². The van der Waals surface area contributed by atoms with Gasteiger partial charge in [-0.2, -0.15) is 0 Å². The van der Waals surface area contributed by atoms with Crippen LogP contribution in [0, 0.1) is 11.8 Å². The van der Waals surface area contributed by atoms with Crippen molar-refractivity contribution >= 4 is 47.1 Å². The highest BCUT2D eigenvalue weighted by Crippen LogP contribution is 2.51. The van der Waals surface area contributed by atoms with Crippen LogP contribution in [0.4, 0.5) is 0 Å². The van der Waals surface area contributed by atoms with Crippen LogP contribution in [0.15, 0.2) is 0 Å². The van der Waals surface area contributed by atoms with Gasteiger partial charge in [-0.3, -0.25) is 19.2 Å². The van der Waals surface area contributed by atoms with E-state index in [0.29, 0.717) is 0 Å². The van der Waals surface area contributed by atoms with Crippen molar-refractivity contribution in [3.05, 3.63) is 0 Å². The standard InChI is InChI=1S/C16H20Cl2O8/c1-5(19)23-13-9-11(17)12(18)10(14(13)24-6(2)20)16(26-8(4)22)15(9)25-7(3)21/h9-16H,1-4H3/t9?,10?,11-,12-,13-,14+,15-,16+/m0/s1. The molecule has 3 fully saturated rings. The van der Waals surface area contributed by atoms with Gasteiger partial charge in [0.15, 0.2) is 0 Å². The van der Waals surface area contributed by atoms with E-state index < -0.39 is 70.9 Å². The summed E-state index contributed by atoms with van der Waals surface area (Å²) >= 11 is 12.9. The maximum atomic E-state index is 11.6. The highest BCUT2D eigenvalue weighted by atomic mass is 35.5. The molecule has 6 atom stereocenters. The van der Waals surface area contributed by atoms with E-state index in [2.05, 4.69) is 0 Å². The average Bonchev–Trinajstić information content (AvgIpc) is 2.47. The van der Waals surface area contributed by atoms with Crippen molar-refractivity contribution in [2.24, 2.45) is 11.8 Å². The number of ether oxygens (including phenoxy) is 4. The molecule has 3 rings (SSSR count). The van der Waals surface area contributed by atoms with E-state index in [4.69, 9.17) is 42.1 Å². The van der Waals surface area contributed by atoms with Gasteiger partial charge in [0.05, 0.1) is 22.6 Å². The van der Waals surface area contributed by atoms with E-state index in [1.807, 2.05) is 0 Å². The number of carbonyl (C=O) groups excluding carboxylic acids is 4. The third-order valence-electron chi connectivity index (χ3n) is 4.41. The van der Waals surface area contributed by atoms with Gasteiger partial charge in [-0.25, -0.2) is 0 Å². The predicted molar refractivity (Wildman–Crippen MR) is 88.5 cm³/mol. The van der Waals surface area contributed by atoms with Crippen molar-refractivity contribution < 1.29 is 38.1 Å². The van der Waals surface area contributed by atoms with Gasteiger partial charge in [-0.1, -0.05) is 0 Å². The Morgan fingerprint density at radius 3 is 0.885 bits per heavy atom. The molecular weight excluding hydrogens is 391 g/mol. The van der Waals surface area contributed by atoms with Crippen molar-refractivity contribution in [3.8, 4) is 0 Å². The van der Waals surface area contributed by atoms with E-state index in [-0.39, 0.29) is 0 Å². The van der Waals surface area contributed by atoms with Crippen LogP contribution in [0.3, 0.4) is 0 Å². The molecule has 0 N–H and O–H groups in total. The van der Waals surface area contributed by atoms with E-state index in [1.54, 1.807) is 0 Å². The Balaban J connectivity index is 2.51. The van der Waals surface area contributed by atoms with Gasteiger partial charge in [0.25, 0.3) is 0 Å². The Kier molecular flexibility index (Phi) is 6.39. The summed E-state index contributed by atoms with van der Waals surface area (Å²) in [6.45, 7) is 4.77. The fourth-order valence-corrected chi connectivity index (χ4v) is 4.66. The first kappa shape index (κ1) is 20.8. The molecule has 0 radical (unpaired) electrons. The first-order valence-electron chi connectivity index (χ1n) is 8.01. The number of carbonyl (C=O) groups is 4. The molecule has 2 bridgehead atoms. The molecule has 0 spiro atoms. The summed E-state index contributed by atoms with van der Waals surface area (Å²) in [4.78, 5) is 46.3. The fraction of sp³-hybridized carbons (Fsp3) is 0.750. The number of rotatable bonds is 4. The lowest BCUT2D eigenvalue weighted by Crippen LogP contribution is -2.72. The molecule has 3 aliphatic carbocycles. The van der Waals surface area contributed by atoms with Crippen LogP contribution in [-0.4, -0.2) is 59.0 Å². The molecule has 0 aromatic heterocycles. The molecule has 8 nitrogen and oxygen atoms in total. The molecule has 0 unspecified atom stereocenters. The second-order valence-corrected chi connectivity index (χ2v) is 7.35. The summed E-state index contributed by atoms with van der Waals surface area (Å²) < 4.78 is 21.3. The topological polar surface area (TPSA) is 105 Å². The zero-order valence-corrected chi connectivity index (χ0v) is 16.2. The molecule has 0 saturated heterocycles. The highest BCUT2D eigenvalue weighted by molar-refractivity contribution is 6.30. The minimum absolute atomic E-state index is 0.625. The lowest BCUT2D eigenvalue weighted by molar-refractivity contribution is -0.241. The van der Waals surface area contributed by atoms with Crippen LogP contribution in [0.25, 0.3) is 0 Å².